The van der Waals surface area contributed by atoms with Crippen LogP contribution in [0.3, 0.4) is 0 Å². The highest BCUT2D eigenvalue weighted by molar-refractivity contribution is 6.05. The molecule has 2 N–H and O–H groups in total. The number of likely N-dealkylation sites (tertiary alicyclic amines) is 1. The largest absolute Gasteiger partial charge is 0.507 e. The number of phenols is 1. The summed E-state index contributed by atoms with van der Waals surface area (Å²) in [6, 6.07) is 11.6. The standard InChI is InChI=1S/C20H21NO3/c1-13-6-4-5-11-21(13)12-17-18(22)10-9-15-14-7-2-3-8-16(14)20(23)24-19(15)17/h2-3,7-10,13,22H,4-6,11-12H2,1H3/p+1. The minimum Gasteiger partial charge on any atom is -0.507 e. The number of piperidine rings is 1. The molecule has 0 spiro atoms. The van der Waals surface area contributed by atoms with Crippen molar-refractivity contribution in [3.63, 3.8) is 0 Å². The van der Waals surface area contributed by atoms with Gasteiger partial charge in [0.25, 0.3) is 0 Å². The Kier molecular flexibility index (Phi) is 3.77. The van der Waals surface area contributed by atoms with Gasteiger partial charge in [-0.1, -0.05) is 18.2 Å². The van der Waals surface area contributed by atoms with Gasteiger partial charge < -0.3 is 14.4 Å². The summed E-state index contributed by atoms with van der Waals surface area (Å²) in [5.74, 6) is 0.214. The lowest BCUT2D eigenvalue weighted by atomic mass is 10.0. The number of fused-ring (bicyclic) bond motifs is 3. The molecule has 4 nitrogen and oxygen atoms in total. The lowest BCUT2D eigenvalue weighted by Gasteiger charge is -2.30. The lowest BCUT2D eigenvalue weighted by Crippen LogP contribution is -3.14. The Morgan fingerprint density at radius 1 is 1.12 bits per heavy atom. The molecule has 4 heteroatoms. The number of hydrogen-bond donors (Lipinski definition) is 2. The zero-order valence-electron chi connectivity index (χ0n) is 13.8. The van der Waals surface area contributed by atoms with E-state index in [4.69, 9.17) is 4.42 Å². The smallest absolute Gasteiger partial charge is 0.344 e. The second kappa shape index (κ2) is 5.95. The monoisotopic (exact) mass is 324 g/mol. The second-order valence-corrected chi connectivity index (χ2v) is 6.86. The summed E-state index contributed by atoms with van der Waals surface area (Å²) in [4.78, 5) is 13.8. The van der Waals surface area contributed by atoms with E-state index in [2.05, 4.69) is 6.92 Å². The quantitative estimate of drug-likeness (QED) is 0.563. The summed E-state index contributed by atoms with van der Waals surface area (Å²) in [5, 5.41) is 12.8. The Morgan fingerprint density at radius 2 is 1.92 bits per heavy atom. The average Bonchev–Trinajstić information content (AvgIpc) is 2.59. The van der Waals surface area contributed by atoms with Crippen LogP contribution in [0.25, 0.3) is 21.7 Å². The minimum absolute atomic E-state index is 0.214. The molecule has 2 unspecified atom stereocenters. The maximum atomic E-state index is 12.4. The zero-order chi connectivity index (χ0) is 16.7. The molecule has 2 atom stereocenters. The van der Waals surface area contributed by atoms with E-state index in [-0.39, 0.29) is 11.4 Å². The molecule has 3 aromatic rings. The van der Waals surface area contributed by atoms with Crippen molar-refractivity contribution in [1.82, 2.24) is 0 Å². The first-order valence-electron chi connectivity index (χ1n) is 8.66. The molecule has 1 fully saturated rings. The fourth-order valence-electron chi connectivity index (χ4n) is 3.90. The molecular formula is C20H22NO3+. The van der Waals surface area contributed by atoms with Gasteiger partial charge in [-0.05, 0) is 49.8 Å². The van der Waals surface area contributed by atoms with Crippen LogP contribution in [-0.2, 0) is 6.54 Å². The number of benzene rings is 2. The van der Waals surface area contributed by atoms with Gasteiger partial charge in [-0.25, -0.2) is 4.79 Å². The second-order valence-electron chi connectivity index (χ2n) is 6.86. The Morgan fingerprint density at radius 3 is 2.71 bits per heavy atom. The average molecular weight is 324 g/mol. The van der Waals surface area contributed by atoms with Crippen LogP contribution in [0.5, 0.6) is 5.75 Å². The molecule has 1 aliphatic rings. The van der Waals surface area contributed by atoms with Crippen LogP contribution in [0.4, 0.5) is 0 Å². The Bertz CT molecular complexity index is 960. The maximum absolute atomic E-state index is 12.4. The number of hydrogen-bond acceptors (Lipinski definition) is 3. The first-order valence-corrected chi connectivity index (χ1v) is 8.66. The third-order valence-electron chi connectivity index (χ3n) is 5.35. The van der Waals surface area contributed by atoms with Crippen LogP contribution in [0, 0.1) is 0 Å². The van der Waals surface area contributed by atoms with Crippen LogP contribution in [0.1, 0.15) is 31.7 Å². The molecule has 24 heavy (non-hydrogen) atoms. The number of phenolic OH excluding ortho intramolecular Hbond substituents is 1. The number of nitrogens with one attached hydrogen (secondary N) is 1. The molecule has 1 aliphatic heterocycles. The summed E-state index contributed by atoms with van der Waals surface area (Å²) in [6.07, 6.45) is 3.68. The molecule has 4 rings (SSSR count). The van der Waals surface area contributed by atoms with Crippen LogP contribution in [-0.4, -0.2) is 17.7 Å². The van der Waals surface area contributed by atoms with Crippen molar-refractivity contribution in [1.29, 1.82) is 0 Å². The van der Waals surface area contributed by atoms with Gasteiger partial charge in [-0.2, -0.15) is 0 Å². The van der Waals surface area contributed by atoms with Gasteiger partial charge in [-0.15, -0.1) is 0 Å². The Hall–Kier alpha value is -2.33. The summed E-state index contributed by atoms with van der Waals surface area (Å²) in [7, 11) is 0. The van der Waals surface area contributed by atoms with E-state index in [1.165, 1.54) is 24.2 Å². The van der Waals surface area contributed by atoms with E-state index < -0.39 is 0 Å². The highest BCUT2D eigenvalue weighted by atomic mass is 16.4. The van der Waals surface area contributed by atoms with Gasteiger partial charge in [0, 0.05) is 5.39 Å². The van der Waals surface area contributed by atoms with Crippen LogP contribution in [0.2, 0.25) is 0 Å². The van der Waals surface area contributed by atoms with Gasteiger partial charge in [0.15, 0.2) is 5.58 Å². The number of rotatable bonds is 2. The van der Waals surface area contributed by atoms with E-state index >= 15 is 0 Å². The molecule has 124 valence electrons. The summed E-state index contributed by atoms with van der Waals surface area (Å²) < 4.78 is 5.63. The molecule has 0 aliphatic carbocycles. The Labute approximate surface area is 140 Å². The lowest BCUT2D eigenvalue weighted by molar-refractivity contribution is -0.941. The first kappa shape index (κ1) is 15.2. The van der Waals surface area contributed by atoms with E-state index in [0.717, 1.165) is 22.9 Å². The highest BCUT2D eigenvalue weighted by Gasteiger charge is 2.25. The number of quaternary nitrogens is 1. The zero-order valence-corrected chi connectivity index (χ0v) is 13.8. The van der Waals surface area contributed by atoms with Gasteiger partial charge in [-0.3, -0.25) is 0 Å². The van der Waals surface area contributed by atoms with Crippen molar-refractivity contribution in [2.75, 3.05) is 6.54 Å². The van der Waals surface area contributed by atoms with E-state index in [0.29, 0.717) is 23.6 Å². The molecular weight excluding hydrogens is 302 g/mol. The van der Waals surface area contributed by atoms with E-state index in [9.17, 15) is 9.90 Å². The SMILES string of the molecule is CC1CCCC[NH+]1Cc1c(O)ccc2c1oc(=O)c1ccccc12. The molecule has 0 saturated carbocycles. The van der Waals surface area contributed by atoms with Crippen LogP contribution < -0.4 is 10.5 Å². The summed E-state index contributed by atoms with van der Waals surface area (Å²) in [5.41, 5.74) is 0.940. The minimum atomic E-state index is -0.341. The van der Waals surface area contributed by atoms with Crippen molar-refractivity contribution in [3.05, 3.63) is 52.4 Å². The number of aromatic hydroxyl groups is 1. The van der Waals surface area contributed by atoms with Crippen molar-refractivity contribution in [2.24, 2.45) is 0 Å². The van der Waals surface area contributed by atoms with Gasteiger partial charge in [0.05, 0.1) is 23.5 Å². The van der Waals surface area contributed by atoms with Crippen molar-refractivity contribution >= 4 is 21.7 Å². The fraction of sp³-hybridized carbons (Fsp3) is 0.350. The van der Waals surface area contributed by atoms with Crippen molar-refractivity contribution < 1.29 is 14.4 Å². The fourth-order valence-corrected chi connectivity index (χ4v) is 3.90. The van der Waals surface area contributed by atoms with E-state index in [1.54, 1.807) is 12.1 Å². The van der Waals surface area contributed by atoms with Gasteiger partial charge >= 0.3 is 5.63 Å². The maximum Gasteiger partial charge on any atom is 0.344 e. The highest BCUT2D eigenvalue weighted by Crippen LogP contribution is 2.30. The van der Waals surface area contributed by atoms with Crippen LogP contribution >= 0.6 is 0 Å². The van der Waals surface area contributed by atoms with Crippen LogP contribution in [0.15, 0.2) is 45.6 Å². The van der Waals surface area contributed by atoms with Crippen molar-refractivity contribution in [2.45, 2.75) is 38.8 Å². The predicted molar refractivity (Wildman–Crippen MR) is 94.5 cm³/mol. The normalized spacial score (nSPS) is 21.4. The topological polar surface area (TPSA) is 54.9 Å². The molecule has 0 amide bonds. The molecule has 0 bridgehead atoms. The third kappa shape index (κ3) is 2.47. The summed E-state index contributed by atoms with van der Waals surface area (Å²) in [6.45, 7) is 4.03. The third-order valence-corrected chi connectivity index (χ3v) is 5.35. The summed E-state index contributed by atoms with van der Waals surface area (Å²) >= 11 is 0. The molecule has 1 saturated heterocycles. The van der Waals surface area contributed by atoms with E-state index in [1.807, 2.05) is 24.3 Å². The molecule has 2 heterocycles. The van der Waals surface area contributed by atoms with Gasteiger partial charge in [0.2, 0.25) is 0 Å². The van der Waals surface area contributed by atoms with Gasteiger partial charge in [0.1, 0.15) is 12.3 Å². The molecule has 2 aromatic carbocycles. The predicted octanol–water partition coefficient (Wildman–Crippen LogP) is 2.61. The first-order chi connectivity index (χ1) is 11.6. The van der Waals surface area contributed by atoms with Crippen molar-refractivity contribution in [3.8, 4) is 5.75 Å². The Balaban J connectivity index is 1.91. The molecule has 1 aromatic heterocycles. The molecule has 0 radical (unpaired) electrons.